The maximum absolute atomic E-state index is 6.16. The average molecular weight is 440 g/mol. The first kappa shape index (κ1) is 22.6. The molecule has 32 heavy (non-hydrogen) atoms. The van der Waals surface area contributed by atoms with Gasteiger partial charge in [0.2, 0.25) is 5.88 Å². The van der Waals surface area contributed by atoms with E-state index in [9.17, 15) is 0 Å². The number of pyridine rings is 1. The molecule has 8 heteroatoms. The van der Waals surface area contributed by atoms with Gasteiger partial charge >= 0.3 is 0 Å². The number of nitrogens with zero attached hydrogens (tertiary/aromatic N) is 5. The molecule has 0 aromatic carbocycles. The van der Waals surface area contributed by atoms with Crippen LogP contribution in [0.1, 0.15) is 70.1 Å². The highest BCUT2D eigenvalue weighted by Crippen LogP contribution is 2.26. The minimum absolute atomic E-state index is 0.289. The fraction of sp³-hybridized carbons (Fsp3) is 0.667. The third-order valence-electron chi connectivity index (χ3n) is 6.37. The maximum Gasteiger partial charge on any atom is 0.213 e. The van der Waals surface area contributed by atoms with Crippen molar-refractivity contribution in [3.05, 3.63) is 35.5 Å². The molecule has 174 valence electrons. The second-order valence-electron chi connectivity index (χ2n) is 9.06. The Morgan fingerprint density at radius 3 is 2.84 bits per heavy atom. The van der Waals surface area contributed by atoms with E-state index >= 15 is 0 Å². The summed E-state index contributed by atoms with van der Waals surface area (Å²) in [6, 6.07) is 4.33. The molecule has 2 aliphatic rings. The van der Waals surface area contributed by atoms with Gasteiger partial charge in [-0.25, -0.2) is 19.6 Å². The summed E-state index contributed by atoms with van der Waals surface area (Å²) in [5.41, 5.74) is 1.10. The molecule has 1 aliphatic carbocycles. The van der Waals surface area contributed by atoms with Gasteiger partial charge in [0.15, 0.2) is 11.8 Å². The zero-order valence-corrected chi connectivity index (χ0v) is 19.7. The molecule has 2 aromatic heterocycles. The number of aryl methyl sites for hydroxylation is 2. The van der Waals surface area contributed by atoms with Gasteiger partial charge in [-0.2, -0.15) is 5.10 Å². The lowest BCUT2D eigenvalue weighted by Crippen LogP contribution is -2.47. The molecule has 1 fully saturated rings. The van der Waals surface area contributed by atoms with Gasteiger partial charge in [-0.3, -0.25) is 0 Å². The van der Waals surface area contributed by atoms with Crippen molar-refractivity contribution in [2.75, 3.05) is 6.54 Å². The van der Waals surface area contributed by atoms with Gasteiger partial charge in [0.05, 0.1) is 13.1 Å². The van der Waals surface area contributed by atoms with E-state index in [1.165, 1.54) is 12.8 Å². The van der Waals surface area contributed by atoms with Crippen LogP contribution in [-0.2, 0) is 25.9 Å². The Morgan fingerprint density at radius 2 is 2.06 bits per heavy atom. The largest absolute Gasteiger partial charge is 0.474 e. The molecule has 0 saturated heterocycles. The van der Waals surface area contributed by atoms with Crippen LogP contribution in [0.3, 0.4) is 0 Å². The lowest BCUT2D eigenvalue weighted by molar-refractivity contribution is 0.130. The summed E-state index contributed by atoms with van der Waals surface area (Å²) in [7, 11) is 0. The van der Waals surface area contributed by atoms with Gasteiger partial charge in [0.1, 0.15) is 11.9 Å². The van der Waals surface area contributed by atoms with Gasteiger partial charge < -0.3 is 15.4 Å². The number of hydrogen-bond acceptors (Lipinski definition) is 5. The topological polar surface area (TPSA) is 89.2 Å². The van der Waals surface area contributed by atoms with Crippen molar-refractivity contribution in [1.29, 1.82) is 0 Å². The summed E-state index contributed by atoms with van der Waals surface area (Å²) in [5.74, 6) is 4.39. The zero-order chi connectivity index (χ0) is 22.3. The fourth-order valence-electron chi connectivity index (χ4n) is 4.44. The minimum Gasteiger partial charge on any atom is -0.474 e. The van der Waals surface area contributed by atoms with Crippen LogP contribution in [0, 0.1) is 5.92 Å². The SMILES string of the molecule is CCNC(=NCc1ccnc(OC2CCC(C)CC2)c1)NC1CCc2nc(CC)nn2C1. The molecule has 1 unspecified atom stereocenters. The molecule has 8 nitrogen and oxygen atoms in total. The Bertz CT molecular complexity index is 902. The molecule has 4 rings (SSSR count). The molecular formula is C24H37N7O. The number of hydrogen-bond donors (Lipinski definition) is 2. The molecule has 0 radical (unpaired) electrons. The number of ether oxygens (including phenoxy) is 1. The first-order valence-corrected chi connectivity index (χ1v) is 12.2. The van der Waals surface area contributed by atoms with Crippen molar-refractivity contribution in [3.8, 4) is 5.88 Å². The summed E-state index contributed by atoms with van der Waals surface area (Å²) in [5, 5.41) is 11.6. The highest BCUT2D eigenvalue weighted by molar-refractivity contribution is 5.80. The Balaban J connectivity index is 1.35. The smallest absolute Gasteiger partial charge is 0.213 e. The van der Waals surface area contributed by atoms with Gasteiger partial charge in [-0.1, -0.05) is 13.8 Å². The second-order valence-corrected chi connectivity index (χ2v) is 9.06. The van der Waals surface area contributed by atoms with E-state index < -0.39 is 0 Å². The molecular weight excluding hydrogens is 402 g/mol. The highest BCUT2D eigenvalue weighted by Gasteiger charge is 2.22. The van der Waals surface area contributed by atoms with E-state index in [0.29, 0.717) is 12.4 Å². The standard InChI is InChI=1S/C24H37N7O/c1-4-21-29-22-11-8-19(16-31(22)30-21)28-24(25-5-2)27-15-18-12-13-26-23(14-18)32-20-9-6-17(3)7-10-20/h12-14,17,19-20H,4-11,15-16H2,1-3H3,(H2,25,27,28). The number of guanidine groups is 1. The number of rotatable bonds is 7. The van der Waals surface area contributed by atoms with Gasteiger partial charge in [0.25, 0.3) is 0 Å². The van der Waals surface area contributed by atoms with Crippen LogP contribution in [0.5, 0.6) is 5.88 Å². The Hall–Kier alpha value is -2.64. The van der Waals surface area contributed by atoms with Crippen LogP contribution in [0.25, 0.3) is 0 Å². The molecule has 3 heterocycles. The molecule has 1 saturated carbocycles. The Kier molecular flexibility index (Phi) is 7.60. The number of fused-ring (bicyclic) bond motifs is 1. The first-order chi connectivity index (χ1) is 15.6. The van der Waals surface area contributed by atoms with E-state index in [1.807, 2.05) is 23.0 Å². The first-order valence-electron chi connectivity index (χ1n) is 12.2. The third-order valence-corrected chi connectivity index (χ3v) is 6.37. The number of aromatic nitrogens is 4. The van der Waals surface area contributed by atoms with Crippen molar-refractivity contribution in [3.63, 3.8) is 0 Å². The highest BCUT2D eigenvalue weighted by atomic mass is 16.5. The van der Waals surface area contributed by atoms with Crippen LogP contribution >= 0.6 is 0 Å². The molecule has 1 atom stereocenters. The molecule has 0 bridgehead atoms. The monoisotopic (exact) mass is 439 g/mol. The van der Waals surface area contributed by atoms with Crippen molar-refractivity contribution in [2.24, 2.45) is 10.9 Å². The lowest BCUT2D eigenvalue weighted by atomic mass is 9.89. The van der Waals surface area contributed by atoms with Crippen molar-refractivity contribution in [2.45, 2.75) is 91.0 Å². The maximum atomic E-state index is 6.16. The molecule has 0 amide bonds. The number of aliphatic imine (C=N–C) groups is 1. The predicted molar refractivity (Wildman–Crippen MR) is 126 cm³/mol. The molecule has 0 spiro atoms. The van der Waals surface area contributed by atoms with Crippen molar-refractivity contribution in [1.82, 2.24) is 30.4 Å². The quantitative estimate of drug-likeness (QED) is 0.508. The van der Waals surface area contributed by atoms with E-state index in [2.05, 4.69) is 46.5 Å². The van der Waals surface area contributed by atoms with E-state index in [0.717, 1.165) is 74.3 Å². The summed E-state index contributed by atoms with van der Waals surface area (Å²) in [6.07, 6.45) is 9.67. The van der Waals surface area contributed by atoms with E-state index in [1.54, 1.807) is 0 Å². The lowest BCUT2D eigenvalue weighted by Gasteiger charge is -2.26. The Labute approximate surface area is 191 Å². The summed E-state index contributed by atoms with van der Waals surface area (Å²) < 4.78 is 8.20. The van der Waals surface area contributed by atoms with Crippen LogP contribution in [0.15, 0.2) is 23.3 Å². The summed E-state index contributed by atoms with van der Waals surface area (Å²) >= 11 is 0. The van der Waals surface area contributed by atoms with Gasteiger partial charge in [-0.15, -0.1) is 0 Å². The summed E-state index contributed by atoms with van der Waals surface area (Å²) in [4.78, 5) is 13.9. The zero-order valence-electron chi connectivity index (χ0n) is 19.7. The van der Waals surface area contributed by atoms with Crippen LogP contribution in [0.4, 0.5) is 0 Å². The van der Waals surface area contributed by atoms with Crippen LogP contribution < -0.4 is 15.4 Å². The van der Waals surface area contributed by atoms with E-state index in [4.69, 9.17) is 9.73 Å². The molecule has 1 aliphatic heterocycles. The Morgan fingerprint density at radius 1 is 1.22 bits per heavy atom. The third kappa shape index (κ3) is 5.99. The van der Waals surface area contributed by atoms with Crippen LogP contribution in [-0.4, -0.2) is 44.4 Å². The van der Waals surface area contributed by atoms with Crippen LogP contribution in [0.2, 0.25) is 0 Å². The molecule has 2 N–H and O–H groups in total. The van der Waals surface area contributed by atoms with Gasteiger partial charge in [0, 0.05) is 37.7 Å². The average Bonchev–Trinajstić information content (AvgIpc) is 3.22. The fourth-order valence-corrected chi connectivity index (χ4v) is 4.44. The normalized spacial score (nSPS) is 23.5. The number of nitrogens with one attached hydrogen (secondary N) is 2. The van der Waals surface area contributed by atoms with Crippen molar-refractivity contribution >= 4 is 5.96 Å². The predicted octanol–water partition coefficient (Wildman–Crippen LogP) is 3.26. The second kappa shape index (κ2) is 10.8. The van der Waals surface area contributed by atoms with Gasteiger partial charge in [-0.05, 0) is 56.6 Å². The molecule has 2 aromatic rings. The summed E-state index contributed by atoms with van der Waals surface area (Å²) in [6.45, 7) is 8.72. The van der Waals surface area contributed by atoms with Crippen molar-refractivity contribution < 1.29 is 4.74 Å². The van der Waals surface area contributed by atoms with E-state index in [-0.39, 0.29) is 12.1 Å². The minimum atomic E-state index is 0.289.